The van der Waals surface area contributed by atoms with Crippen molar-refractivity contribution in [2.75, 3.05) is 19.8 Å². The Balaban J connectivity index is 1.52. The SMILES string of the molecule is ClC1CC(OCC2CCOCC2)C12CCCCCC2. The molecule has 3 fully saturated rings. The maximum atomic E-state index is 6.57. The molecule has 0 N–H and O–H groups in total. The number of ether oxygens (including phenoxy) is 2. The molecule has 19 heavy (non-hydrogen) atoms. The summed E-state index contributed by atoms with van der Waals surface area (Å²) in [6.45, 7) is 2.77. The molecule has 1 spiro atoms. The highest BCUT2D eigenvalue weighted by Gasteiger charge is 2.54. The minimum atomic E-state index is 0.323. The molecule has 1 saturated heterocycles. The zero-order valence-corrected chi connectivity index (χ0v) is 12.7. The molecule has 0 radical (unpaired) electrons. The van der Waals surface area contributed by atoms with Crippen molar-refractivity contribution in [1.29, 1.82) is 0 Å². The molecule has 2 unspecified atom stereocenters. The van der Waals surface area contributed by atoms with E-state index >= 15 is 0 Å². The maximum absolute atomic E-state index is 6.57. The van der Waals surface area contributed by atoms with Gasteiger partial charge in [-0.3, -0.25) is 0 Å². The fraction of sp³-hybridized carbons (Fsp3) is 1.00. The van der Waals surface area contributed by atoms with Crippen LogP contribution >= 0.6 is 11.6 Å². The molecule has 0 bridgehead atoms. The van der Waals surface area contributed by atoms with Gasteiger partial charge in [-0.05, 0) is 38.0 Å². The fourth-order valence-electron chi connectivity index (χ4n) is 4.12. The Kier molecular flexibility index (Phi) is 4.71. The third-order valence-electron chi connectivity index (χ3n) is 5.59. The second kappa shape index (κ2) is 6.32. The highest BCUT2D eigenvalue weighted by molar-refractivity contribution is 6.21. The van der Waals surface area contributed by atoms with E-state index in [0.29, 0.717) is 22.8 Å². The van der Waals surface area contributed by atoms with Gasteiger partial charge < -0.3 is 9.47 Å². The molecule has 3 rings (SSSR count). The molecule has 0 aromatic carbocycles. The van der Waals surface area contributed by atoms with Gasteiger partial charge in [-0.2, -0.15) is 0 Å². The van der Waals surface area contributed by atoms with Crippen molar-refractivity contribution in [2.45, 2.75) is 69.3 Å². The van der Waals surface area contributed by atoms with Gasteiger partial charge in [0.25, 0.3) is 0 Å². The lowest BCUT2D eigenvalue weighted by atomic mass is 9.61. The topological polar surface area (TPSA) is 18.5 Å². The van der Waals surface area contributed by atoms with E-state index in [1.165, 1.54) is 51.4 Å². The molecule has 2 aliphatic carbocycles. The lowest BCUT2D eigenvalue weighted by Crippen LogP contribution is -2.55. The summed E-state index contributed by atoms with van der Waals surface area (Å²) < 4.78 is 11.7. The van der Waals surface area contributed by atoms with Gasteiger partial charge in [0.15, 0.2) is 0 Å². The average molecular weight is 287 g/mol. The zero-order valence-electron chi connectivity index (χ0n) is 11.9. The minimum Gasteiger partial charge on any atom is -0.381 e. The van der Waals surface area contributed by atoms with E-state index in [4.69, 9.17) is 21.1 Å². The molecule has 1 aliphatic heterocycles. The largest absolute Gasteiger partial charge is 0.381 e. The van der Waals surface area contributed by atoms with Gasteiger partial charge in [0.2, 0.25) is 0 Å². The number of rotatable bonds is 3. The molecule has 0 aromatic heterocycles. The van der Waals surface area contributed by atoms with Crippen LogP contribution in [0.3, 0.4) is 0 Å². The van der Waals surface area contributed by atoms with Crippen LogP contribution in [0, 0.1) is 11.3 Å². The second-order valence-corrected chi connectivity index (χ2v) is 7.26. The van der Waals surface area contributed by atoms with Gasteiger partial charge in [-0.15, -0.1) is 11.6 Å². The van der Waals surface area contributed by atoms with Gasteiger partial charge in [0.05, 0.1) is 6.10 Å². The van der Waals surface area contributed by atoms with Gasteiger partial charge in [-0.25, -0.2) is 0 Å². The fourth-order valence-corrected chi connectivity index (χ4v) is 4.64. The molecule has 0 amide bonds. The molecule has 2 saturated carbocycles. The van der Waals surface area contributed by atoms with Crippen LogP contribution in [0.5, 0.6) is 0 Å². The third kappa shape index (κ3) is 2.96. The van der Waals surface area contributed by atoms with Gasteiger partial charge >= 0.3 is 0 Å². The van der Waals surface area contributed by atoms with E-state index in [2.05, 4.69) is 0 Å². The van der Waals surface area contributed by atoms with Crippen molar-refractivity contribution in [1.82, 2.24) is 0 Å². The summed E-state index contributed by atoms with van der Waals surface area (Å²) in [6.07, 6.45) is 11.9. The Hall–Kier alpha value is 0.210. The summed E-state index contributed by atoms with van der Waals surface area (Å²) >= 11 is 6.57. The van der Waals surface area contributed by atoms with Crippen molar-refractivity contribution in [3.8, 4) is 0 Å². The first kappa shape index (κ1) is 14.2. The van der Waals surface area contributed by atoms with Crippen molar-refractivity contribution >= 4 is 11.6 Å². The number of halogens is 1. The standard InChI is InChI=1S/C16H27ClO2/c17-14-11-15(16(14)7-3-1-2-4-8-16)19-12-13-5-9-18-10-6-13/h13-15H,1-12H2. The van der Waals surface area contributed by atoms with E-state index in [1.807, 2.05) is 0 Å². The normalized spacial score (nSPS) is 35.8. The first-order valence-corrected chi connectivity index (χ1v) is 8.58. The van der Waals surface area contributed by atoms with Crippen LogP contribution in [-0.2, 0) is 9.47 Å². The van der Waals surface area contributed by atoms with Gasteiger partial charge in [-0.1, -0.05) is 25.7 Å². The molecule has 110 valence electrons. The highest BCUT2D eigenvalue weighted by atomic mass is 35.5. The second-order valence-electron chi connectivity index (χ2n) is 6.73. The van der Waals surface area contributed by atoms with E-state index < -0.39 is 0 Å². The van der Waals surface area contributed by atoms with E-state index in [9.17, 15) is 0 Å². The lowest BCUT2D eigenvalue weighted by molar-refractivity contribution is -0.129. The van der Waals surface area contributed by atoms with Crippen LogP contribution in [0.4, 0.5) is 0 Å². The van der Waals surface area contributed by atoms with E-state index in [1.54, 1.807) is 0 Å². The average Bonchev–Trinajstić information content (AvgIpc) is 2.72. The molecule has 3 aliphatic rings. The lowest BCUT2D eigenvalue weighted by Gasteiger charge is -2.53. The number of hydrogen-bond donors (Lipinski definition) is 0. The minimum absolute atomic E-state index is 0.323. The highest BCUT2D eigenvalue weighted by Crippen LogP contribution is 2.55. The van der Waals surface area contributed by atoms with E-state index in [-0.39, 0.29) is 0 Å². The van der Waals surface area contributed by atoms with Crippen molar-refractivity contribution in [2.24, 2.45) is 11.3 Å². The quantitative estimate of drug-likeness (QED) is 0.726. The number of alkyl halides is 1. The molecule has 2 nitrogen and oxygen atoms in total. The Morgan fingerprint density at radius 1 is 1.05 bits per heavy atom. The first-order chi connectivity index (χ1) is 9.31. The number of hydrogen-bond acceptors (Lipinski definition) is 2. The maximum Gasteiger partial charge on any atom is 0.0659 e. The molecule has 3 heteroatoms. The molecular weight excluding hydrogens is 260 g/mol. The molecular formula is C16H27ClO2. The monoisotopic (exact) mass is 286 g/mol. The Bertz CT molecular complexity index is 280. The summed E-state index contributed by atoms with van der Waals surface area (Å²) in [7, 11) is 0. The third-order valence-corrected chi connectivity index (χ3v) is 6.21. The Morgan fingerprint density at radius 3 is 2.37 bits per heavy atom. The molecule has 1 heterocycles. The Labute approximate surface area is 122 Å². The summed E-state index contributed by atoms with van der Waals surface area (Å²) in [5.74, 6) is 0.714. The van der Waals surface area contributed by atoms with Crippen LogP contribution < -0.4 is 0 Å². The van der Waals surface area contributed by atoms with Gasteiger partial charge in [0.1, 0.15) is 0 Å². The Morgan fingerprint density at radius 2 is 1.74 bits per heavy atom. The van der Waals surface area contributed by atoms with Crippen molar-refractivity contribution in [3.05, 3.63) is 0 Å². The van der Waals surface area contributed by atoms with E-state index in [0.717, 1.165) is 26.2 Å². The summed E-state index contributed by atoms with van der Waals surface area (Å²) in [4.78, 5) is 0. The van der Waals surface area contributed by atoms with Gasteiger partial charge in [0, 0.05) is 30.6 Å². The molecule has 2 atom stereocenters. The summed E-state index contributed by atoms with van der Waals surface area (Å²) in [5.41, 5.74) is 0.323. The predicted octanol–water partition coefficient (Wildman–Crippen LogP) is 4.15. The first-order valence-electron chi connectivity index (χ1n) is 8.15. The predicted molar refractivity (Wildman–Crippen MR) is 77.7 cm³/mol. The van der Waals surface area contributed by atoms with Crippen LogP contribution in [0.1, 0.15) is 57.8 Å². The summed E-state index contributed by atoms with van der Waals surface area (Å²) in [6, 6.07) is 0. The van der Waals surface area contributed by atoms with Crippen LogP contribution in [-0.4, -0.2) is 31.3 Å². The van der Waals surface area contributed by atoms with Crippen LogP contribution in [0.15, 0.2) is 0 Å². The molecule has 0 aromatic rings. The van der Waals surface area contributed by atoms with Crippen molar-refractivity contribution in [3.63, 3.8) is 0 Å². The summed E-state index contributed by atoms with van der Waals surface area (Å²) in [5, 5.41) is 0.366. The van der Waals surface area contributed by atoms with Crippen molar-refractivity contribution < 1.29 is 9.47 Å². The van der Waals surface area contributed by atoms with Crippen LogP contribution in [0.2, 0.25) is 0 Å². The smallest absolute Gasteiger partial charge is 0.0659 e. The zero-order chi connectivity index (χ0) is 13.1. The van der Waals surface area contributed by atoms with Crippen LogP contribution in [0.25, 0.3) is 0 Å².